The zero-order chi connectivity index (χ0) is 20.6. The van der Waals surface area contributed by atoms with E-state index in [9.17, 15) is 35.3 Å². The van der Waals surface area contributed by atoms with E-state index in [4.69, 9.17) is 16.3 Å². The summed E-state index contributed by atoms with van der Waals surface area (Å²) in [5, 5.41) is 49.1. The topological polar surface area (TPSA) is 169 Å². The van der Waals surface area contributed by atoms with Crippen LogP contribution in [0.3, 0.4) is 0 Å². The lowest BCUT2D eigenvalue weighted by atomic mass is 9.98. The second-order valence-electron chi connectivity index (χ2n) is 6.19. The average molecular weight is 410 g/mol. The molecule has 0 saturated carbocycles. The summed E-state index contributed by atoms with van der Waals surface area (Å²) in [6.45, 7) is -0.734. The highest BCUT2D eigenvalue weighted by atomic mass is 35.5. The number of aliphatic hydroxyl groups is 4. The summed E-state index contributed by atoms with van der Waals surface area (Å²) in [6.07, 6.45) is -8.35. The third kappa shape index (κ3) is 3.35. The van der Waals surface area contributed by atoms with Crippen molar-refractivity contribution in [2.75, 3.05) is 6.61 Å². The minimum absolute atomic E-state index is 0.0463. The zero-order valence-corrected chi connectivity index (χ0v) is 14.9. The molecule has 10 nitrogen and oxygen atoms in total. The molecule has 1 saturated heterocycles. The fourth-order valence-electron chi connectivity index (χ4n) is 3.01. The molecule has 0 bridgehead atoms. The maximum Gasteiger partial charge on any atom is 0.331 e. The van der Waals surface area contributed by atoms with E-state index >= 15 is 0 Å². The van der Waals surface area contributed by atoms with Gasteiger partial charge in [-0.2, -0.15) is 5.26 Å². The normalized spacial score (nSPS) is 27.4. The quantitative estimate of drug-likeness (QED) is 0.416. The molecule has 1 aromatic carbocycles. The van der Waals surface area contributed by atoms with E-state index in [0.717, 1.165) is 0 Å². The maximum atomic E-state index is 12.8. The van der Waals surface area contributed by atoms with Gasteiger partial charge in [-0.3, -0.25) is 4.79 Å². The van der Waals surface area contributed by atoms with Gasteiger partial charge in [0.25, 0.3) is 5.56 Å². The lowest BCUT2D eigenvalue weighted by Crippen LogP contribution is -2.59. The van der Waals surface area contributed by atoms with Crippen LogP contribution in [-0.2, 0) is 4.74 Å². The highest BCUT2D eigenvalue weighted by molar-refractivity contribution is 6.30. The number of hydrogen-bond acceptors (Lipinski definition) is 8. The van der Waals surface area contributed by atoms with Crippen LogP contribution in [0.1, 0.15) is 11.8 Å². The summed E-state index contributed by atoms with van der Waals surface area (Å²) in [5.41, 5.74) is -2.20. The van der Waals surface area contributed by atoms with Crippen molar-refractivity contribution in [1.82, 2.24) is 9.55 Å². The molecule has 0 unspecified atom stereocenters. The molecule has 2 heterocycles. The zero-order valence-electron chi connectivity index (χ0n) is 14.2. The molecule has 0 amide bonds. The number of rotatable bonds is 3. The minimum atomic E-state index is -1.86. The van der Waals surface area contributed by atoms with E-state index in [-0.39, 0.29) is 5.69 Å². The van der Waals surface area contributed by atoms with Crippen molar-refractivity contribution in [2.45, 2.75) is 30.6 Å². The van der Waals surface area contributed by atoms with Gasteiger partial charge in [-0.1, -0.05) is 23.7 Å². The molecule has 1 aliphatic heterocycles. The van der Waals surface area contributed by atoms with Crippen molar-refractivity contribution in [3.63, 3.8) is 0 Å². The first-order valence-electron chi connectivity index (χ1n) is 8.15. The van der Waals surface area contributed by atoms with E-state index in [2.05, 4.69) is 4.98 Å². The molecule has 0 spiro atoms. The van der Waals surface area contributed by atoms with Crippen molar-refractivity contribution >= 4 is 11.6 Å². The Hall–Kier alpha value is -2.52. The molecule has 1 fully saturated rings. The molecule has 1 aliphatic rings. The van der Waals surface area contributed by atoms with Crippen LogP contribution in [0.25, 0.3) is 11.3 Å². The summed E-state index contributed by atoms with van der Waals surface area (Å²) in [5.74, 6) is 0. The summed E-state index contributed by atoms with van der Waals surface area (Å²) < 4.78 is 5.68. The number of benzene rings is 1. The molecule has 3 rings (SSSR count). The van der Waals surface area contributed by atoms with E-state index in [1.807, 2.05) is 0 Å². The average Bonchev–Trinajstić information content (AvgIpc) is 2.68. The Labute approximate surface area is 162 Å². The van der Waals surface area contributed by atoms with Gasteiger partial charge < -0.3 is 30.1 Å². The van der Waals surface area contributed by atoms with E-state index < -0.39 is 54.1 Å². The molecule has 0 radical (unpaired) electrons. The first kappa shape index (κ1) is 20.2. The van der Waals surface area contributed by atoms with Gasteiger partial charge >= 0.3 is 5.69 Å². The van der Waals surface area contributed by atoms with Gasteiger partial charge in [0.15, 0.2) is 6.23 Å². The maximum absolute atomic E-state index is 12.8. The largest absolute Gasteiger partial charge is 0.394 e. The Kier molecular flexibility index (Phi) is 5.66. The number of nitrogens with zero attached hydrogens (tertiary/aromatic N) is 2. The molecule has 28 heavy (non-hydrogen) atoms. The second kappa shape index (κ2) is 7.84. The van der Waals surface area contributed by atoms with Crippen LogP contribution in [-0.4, -0.2) is 61.0 Å². The third-order valence-electron chi connectivity index (χ3n) is 4.50. The SMILES string of the molecule is N#Cc1c(-c2ccc(Cl)cc2)[nH]c(=O)n([C@@H]2O[C@H](CO)[C@@H](O)[C@H](O)[C@H]2O)c1=O. The van der Waals surface area contributed by atoms with Crippen LogP contribution < -0.4 is 11.2 Å². The molecule has 11 heteroatoms. The second-order valence-corrected chi connectivity index (χ2v) is 6.63. The Balaban J connectivity index is 2.16. The van der Waals surface area contributed by atoms with E-state index in [1.54, 1.807) is 6.07 Å². The summed E-state index contributed by atoms with van der Waals surface area (Å²) in [6, 6.07) is 7.75. The van der Waals surface area contributed by atoms with Crippen LogP contribution >= 0.6 is 11.6 Å². The van der Waals surface area contributed by atoms with Crippen LogP contribution in [0.5, 0.6) is 0 Å². The van der Waals surface area contributed by atoms with Crippen molar-refractivity contribution < 1.29 is 25.2 Å². The van der Waals surface area contributed by atoms with Crippen molar-refractivity contribution in [2.24, 2.45) is 0 Å². The van der Waals surface area contributed by atoms with Crippen molar-refractivity contribution in [3.8, 4) is 17.3 Å². The molecule has 0 aliphatic carbocycles. The summed E-state index contributed by atoms with van der Waals surface area (Å²) in [7, 11) is 0. The molecule has 5 atom stereocenters. The lowest BCUT2D eigenvalue weighted by molar-refractivity contribution is -0.252. The number of H-pyrrole nitrogens is 1. The van der Waals surface area contributed by atoms with Gasteiger partial charge in [0, 0.05) is 5.02 Å². The highest BCUT2D eigenvalue weighted by Crippen LogP contribution is 2.27. The third-order valence-corrected chi connectivity index (χ3v) is 4.75. The van der Waals surface area contributed by atoms with Gasteiger partial charge in [0.1, 0.15) is 36.0 Å². The van der Waals surface area contributed by atoms with Gasteiger partial charge in [0.2, 0.25) is 0 Å². The van der Waals surface area contributed by atoms with Gasteiger partial charge in [-0.25, -0.2) is 9.36 Å². The van der Waals surface area contributed by atoms with Crippen LogP contribution in [0.2, 0.25) is 5.02 Å². The fraction of sp³-hybridized carbons (Fsp3) is 0.353. The molecule has 1 aromatic heterocycles. The lowest BCUT2D eigenvalue weighted by Gasteiger charge is -2.40. The summed E-state index contributed by atoms with van der Waals surface area (Å²) in [4.78, 5) is 27.8. The predicted octanol–water partition coefficient (Wildman–Crippen LogP) is -1.30. The van der Waals surface area contributed by atoms with E-state index in [1.165, 1.54) is 24.3 Å². The number of hydrogen-bond donors (Lipinski definition) is 5. The number of aromatic nitrogens is 2. The number of nitrogens with one attached hydrogen (secondary N) is 1. The Morgan fingerprint density at radius 2 is 1.79 bits per heavy atom. The number of nitriles is 1. The molecular weight excluding hydrogens is 394 g/mol. The monoisotopic (exact) mass is 409 g/mol. The number of halogens is 1. The smallest absolute Gasteiger partial charge is 0.331 e. The standard InChI is InChI=1S/C17H16ClN3O7/c18-8-3-1-7(2-4-8)11-9(5-19)15(26)21(17(27)20-11)16-14(25)13(24)12(23)10(6-22)28-16/h1-4,10,12-14,16,22-25H,6H2,(H,20,27)/t10-,12-,13+,14-,16-/m1/s1. The van der Waals surface area contributed by atoms with E-state index in [0.29, 0.717) is 15.2 Å². The Morgan fingerprint density at radius 1 is 1.14 bits per heavy atom. The predicted molar refractivity (Wildman–Crippen MR) is 95.5 cm³/mol. The number of ether oxygens (including phenoxy) is 1. The highest BCUT2D eigenvalue weighted by Gasteiger charge is 2.45. The van der Waals surface area contributed by atoms with Crippen LogP contribution in [0.15, 0.2) is 33.9 Å². The van der Waals surface area contributed by atoms with Gasteiger partial charge in [0.05, 0.1) is 12.3 Å². The minimum Gasteiger partial charge on any atom is -0.394 e. The molecule has 148 valence electrons. The molecule has 5 N–H and O–H groups in total. The Morgan fingerprint density at radius 3 is 2.36 bits per heavy atom. The molecule has 2 aromatic rings. The van der Waals surface area contributed by atoms with Crippen molar-refractivity contribution in [1.29, 1.82) is 5.26 Å². The first-order chi connectivity index (χ1) is 13.3. The molecular formula is C17H16ClN3O7. The van der Waals surface area contributed by atoms with Crippen LogP contribution in [0.4, 0.5) is 0 Å². The summed E-state index contributed by atoms with van der Waals surface area (Å²) >= 11 is 5.82. The van der Waals surface area contributed by atoms with Gasteiger partial charge in [-0.15, -0.1) is 0 Å². The van der Waals surface area contributed by atoms with Crippen LogP contribution in [0, 0.1) is 11.3 Å². The number of aliphatic hydroxyl groups excluding tert-OH is 4. The fourth-order valence-corrected chi connectivity index (χ4v) is 3.14. The Bertz CT molecular complexity index is 1030. The number of aromatic amines is 1. The first-order valence-corrected chi connectivity index (χ1v) is 8.53. The van der Waals surface area contributed by atoms with Gasteiger partial charge in [-0.05, 0) is 17.7 Å². The van der Waals surface area contributed by atoms with Crippen molar-refractivity contribution in [3.05, 3.63) is 55.7 Å².